The summed E-state index contributed by atoms with van der Waals surface area (Å²) in [5, 5.41) is 13.6. The Bertz CT molecular complexity index is 470. The van der Waals surface area contributed by atoms with Crippen LogP contribution in [0.1, 0.15) is 36.8 Å². The zero-order chi connectivity index (χ0) is 11.5. The lowest BCUT2D eigenvalue weighted by atomic mass is 9.61. The van der Waals surface area contributed by atoms with Gasteiger partial charge in [-0.1, -0.05) is 18.9 Å². The summed E-state index contributed by atoms with van der Waals surface area (Å²) in [6.07, 6.45) is 6.54. The zero-order valence-corrected chi connectivity index (χ0v) is 10.1. The molecule has 2 heteroatoms. The van der Waals surface area contributed by atoms with E-state index in [-0.39, 0.29) is 5.54 Å². The molecule has 2 aliphatic carbocycles. The number of benzene rings is 1. The van der Waals surface area contributed by atoms with Crippen LogP contribution in [0.2, 0.25) is 0 Å². The Morgan fingerprint density at radius 2 is 2.24 bits per heavy atom. The molecule has 17 heavy (non-hydrogen) atoms. The van der Waals surface area contributed by atoms with Crippen molar-refractivity contribution >= 4 is 0 Å². The molecule has 2 fully saturated rings. The molecular weight excluding hydrogens is 210 g/mol. The Kier molecular flexibility index (Phi) is 1.91. The average Bonchev–Trinajstić information content (AvgIpc) is 2.65. The van der Waals surface area contributed by atoms with E-state index in [1.165, 1.54) is 49.8 Å². The molecule has 3 unspecified atom stereocenters. The summed E-state index contributed by atoms with van der Waals surface area (Å²) in [6, 6.07) is 6.00. The molecule has 3 aliphatic rings. The van der Waals surface area contributed by atoms with E-state index in [1.807, 2.05) is 12.1 Å². The van der Waals surface area contributed by atoms with Crippen LogP contribution < -0.4 is 5.32 Å². The summed E-state index contributed by atoms with van der Waals surface area (Å²) < 4.78 is 0. The first-order valence-electron chi connectivity index (χ1n) is 6.87. The van der Waals surface area contributed by atoms with Crippen molar-refractivity contribution in [2.45, 2.75) is 37.6 Å². The van der Waals surface area contributed by atoms with Crippen molar-refractivity contribution in [1.82, 2.24) is 5.32 Å². The monoisotopic (exact) mass is 229 g/mol. The maximum Gasteiger partial charge on any atom is 0.115 e. The Balaban J connectivity index is 1.92. The molecule has 1 aromatic carbocycles. The molecule has 4 rings (SSSR count). The van der Waals surface area contributed by atoms with E-state index in [2.05, 4.69) is 11.4 Å². The summed E-state index contributed by atoms with van der Waals surface area (Å²) in [4.78, 5) is 0. The third-order valence-electron chi connectivity index (χ3n) is 5.27. The average molecular weight is 229 g/mol. The van der Waals surface area contributed by atoms with Gasteiger partial charge in [0.05, 0.1) is 0 Å². The minimum absolute atomic E-state index is 0.204. The third kappa shape index (κ3) is 1.19. The van der Waals surface area contributed by atoms with E-state index in [4.69, 9.17) is 0 Å². The van der Waals surface area contributed by atoms with E-state index in [0.717, 1.165) is 11.8 Å². The topological polar surface area (TPSA) is 32.3 Å². The minimum atomic E-state index is 0.204. The molecule has 90 valence electrons. The molecular formula is C15H19NO. The van der Waals surface area contributed by atoms with Crippen molar-refractivity contribution in [3.63, 3.8) is 0 Å². The molecule has 1 saturated carbocycles. The first-order valence-corrected chi connectivity index (χ1v) is 6.87. The quantitative estimate of drug-likeness (QED) is 0.716. The van der Waals surface area contributed by atoms with E-state index < -0.39 is 0 Å². The largest absolute Gasteiger partial charge is 0.508 e. The van der Waals surface area contributed by atoms with Crippen molar-refractivity contribution in [3.8, 4) is 5.75 Å². The molecule has 1 saturated heterocycles. The SMILES string of the molecule is Oc1ccc2c(c1)C13CCCCC1C(CN3)C2. The highest BCUT2D eigenvalue weighted by molar-refractivity contribution is 5.44. The van der Waals surface area contributed by atoms with Crippen molar-refractivity contribution in [3.05, 3.63) is 29.3 Å². The van der Waals surface area contributed by atoms with Gasteiger partial charge in [-0.2, -0.15) is 0 Å². The van der Waals surface area contributed by atoms with Crippen molar-refractivity contribution in [2.75, 3.05) is 6.54 Å². The van der Waals surface area contributed by atoms with Gasteiger partial charge < -0.3 is 10.4 Å². The van der Waals surface area contributed by atoms with Gasteiger partial charge in [-0.3, -0.25) is 0 Å². The van der Waals surface area contributed by atoms with Gasteiger partial charge in [0.1, 0.15) is 5.75 Å². The highest BCUT2D eigenvalue weighted by Crippen LogP contribution is 2.54. The molecule has 2 nitrogen and oxygen atoms in total. The van der Waals surface area contributed by atoms with Crippen LogP contribution in [0, 0.1) is 11.8 Å². The van der Waals surface area contributed by atoms with Gasteiger partial charge in [0.2, 0.25) is 0 Å². The van der Waals surface area contributed by atoms with Crippen LogP contribution in [0.5, 0.6) is 5.75 Å². The van der Waals surface area contributed by atoms with Crippen LogP contribution in [-0.2, 0) is 12.0 Å². The zero-order valence-electron chi connectivity index (χ0n) is 10.1. The molecule has 0 radical (unpaired) electrons. The number of phenols is 1. The number of phenolic OH excluding ortho intramolecular Hbond substituents is 1. The molecule has 0 amide bonds. The van der Waals surface area contributed by atoms with E-state index >= 15 is 0 Å². The molecule has 2 N–H and O–H groups in total. The highest BCUT2D eigenvalue weighted by Gasteiger charge is 2.53. The maximum atomic E-state index is 9.77. The maximum absolute atomic E-state index is 9.77. The molecule has 2 bridgehead atoms. The molecule has 1 aliphatic heterocycles. The fraction of sp³-hybridized carbons (Fsp3) is 0.600. The van der Waals surface area contributed by atoms with Gasteiger partial charge in [0.25, 0.3) is 0 Å². The van der Waals surface area contributed by atoms with Crippen LogP contribution in [0.3, 0.4) is 0 Å². The second-order valence-electron chi connectivity index (χ2n) is 6.01. The predicted octanol–water partition coefficient (Wildman–Crippen LogP) is 2.55. The van der Waals surface area contributed by atoms with E-state index in [0.29, 0.717) is 5.75 Å². The second kappa shape index (κ2) is 3.26. The van der Waals surface area contributed by atoms with Gasteiger partial charge in [0, 0.05) is 5.54 Å². The van der Waals surface area contributed by atoms with Gasteiger partial charge >= 0.3 is 0 Å². The Morgan fingerprint density at radius 3 is 3.18 bits per heavy atom. The summed E-state index contributed by atoms with van der Waals surface area (Å²) in [7, 11) is 0. The standard InChI is InChI=1S/C15H19NO/c17-12-5-4-10-7-11-9-16-15(14(10)8-12)6-2-1-3-13(11)15/h4-5,8,11,13,16-17H,1-3,6-7,9H2. The summed E-state index contributed by atoms with van der Waals surface area (Å²) >= 11 is 0. The van der Waals surface area contributed by atoms with Crippen LogP contribution in [0.15, 0.2) is 18.2 Å². The summed E-state index contributed by atoms with van der Waals surface area (Å²) in [5.74, 6) is 2.06. The van der Waals surface area contributed by atoms with Crippen LogP contribution in [-0.4, -0.2) is 11.7 Å². The summed E-state index contributed by atoms with van der Waals surface area (Å²) in [6.45, 7) is 1.17. The van der Waals surface area contributed by atoms with Crippen molar-refractivity contribution in [1.29, 1.82) is 0 Å². The van der Waals surface area contributed by atoms with E-state index in [1.54, 1.807) is 0 Å². The number of rotatable bonds is 0. The first kappa shape index (κ1) is 9.95. The highest BCUT2D eigenvalue weighted by atomic mass is 16.3. The van der Waals surface area contributed by atoms with Crippen LogP contribution in [0.4, 0.5) is 0 Å². The molecule has 1 aromatic rings. The Labute approximate surface area is 102 Å². The third-order valence-corrected chi connectivity index (χ3v) is 5.27. The van der Waals surface area contributed by atoms with Crippen molar-refractivity contribution < 1.29 is 5.11 Å². The Morgan fingerprint density at radius 1 is 1.29 bits per heavy atom. The lowest BCUT2D eigenvalue weighted by molar-refractivity contribution is 0.153. The second-order valence-corrected chi connectivity index (χ2v) is 6.01. The van der Waals surface area contributed by atoms with E-state index in [9.17, 15) is 5.11 Å². The number of fused-ring (bicyclic) bond motifs is 1. The number of nitrogens with one attached hydrogen (secondary N) is 1. The lowest BCUT2D eigenvalue weighted by Crippen LogP contribution is -2.46. The smallest absolute Gasteiger partial charge is 0.115 e. The van der Waals surface area contributed by atoms with Crippen LogP contribution in [0.25, 0.3) is 0 Å². The fourth-order valence-corrected chi connectivity index (χ4v) is 4.60. The predicted molar refractivity (Wildman–Crippen MR) is 66.9 cm³/mol. The number of aromatic hydroxyl groups is 1. The lowest BCUT2D eigenvalue weighted by Gasteiger charge is -2.45. The molecule has 1 heterocycles. The first-order chi connectivity index (χ1) is 8.29. The van der Waals surface area contributed by atoms with Gasteiger partial charge in [-0.25, -0.2) is 0 Å². The van der Waals surface area contributed by atoms with Gasteiger partial charge in [-0.15, -0.1) is 0 Å². The summed E-state index contributed by atoms with van der Waals surface area (Å²) in [5.41, 5.74) is 3.07. The fourth-order valence-electron chi connectivity index (χ4n) is 4.60. The molecule has 0 spiro atoms. The number of hydrogen-bond donors (Lipinski definition) is 2. The van der Waals surface area contributed by atoms with Gasteiger partial charge in [0.15, 0.2) is 0 Å². The molecule has 3 atom stereocenters. The van der Waals surface area contributed by atoms with Gasteiger partial charge in [-0.05, 0) is 60.9 Å². The van der Waals surface area contributed by atoms with Crippen LogP contribution >= 0.6 is 0 Å². The van der Waals surface area contributed by atoms with Crippen molar-refractivity contribution in [2.24, 2.45) is 11.8 Å². The molecule has 0 aromatic heterocycles. The normalized spacial score (nSPS) is 38.6. The number of hydrogen-bond acceptors (Lipinski definition) is 2. The Hall–Kier alpha value is -1.02. The minimum Gasteiger partial charge on any atom is -0.508 e.